The largest absolute Gasteiger partial charge is 0.496 e. The van der Waals surface area contributed by atoms with Gasteiger partial charge in [0, 0.05) is 51.4 Å². The van der Waals surface area contributed by atoms with Crippen LogP contribution in [0.5, 0.6) is 5.75 Å². The van der Waals surface area contributed by atoms with E-state index in [4.69, 9.17) is 9.15 Å². The van der Waals surface area contributed by atoms with Crippen molar-refractivity contribution in [3.05, 3.63) is 65.9 Å². The Kier molecular flexibility index (Phi) is 6.06. The van der Waals surface area contributed by atoms with E-state index in [2.05, 4.69) is 15.2 Å². The lowest BCUT2D eigenvalue weighted by molar-refractivity contribution is 0.194. The molecule has 4 rings (SSSR count). The molecule has 0 radical (unpaired) electrons. The molecule has 8 heteroatoms. The molecule has 7 nitrogen and oxygen atoms in total. The molecule has 31 heavy (non-hydrogen) atoms. The second-order valence-electron chi connectivity index (χ2n) is 7.39. The highest BCUT2D eigenvalue weighted by Crippen LogP contribution is 2.34. The van der Waals surface area contributed by atoms with E-state index in [1.165, 1.54) is 12.1 Å². The highest BCUT2D eigenvalue weighted by molar-refractivity contribution is 5.75. The van der Waals surface area contributed by atoms with Crippen LogP contribution in [-0.2, 0) is 6.54 Å². The van der Waals surface area contributed by atoms with Gasteiger partial charge in [-0.25, -0.2) is 14.2 Å². The van der Waals surface area contributed by atoms with Crippen molar-refractivity contribution >= 4 is 11.7 Å². The predicted molar refractivity (Wildman–Crippen MR) is 116 cm³/mol. The molecule has 1 fully saturated rings. The second-order valence-corrected chi connectivity index (χ2v) is 7.39. The molecule has 0 saturated carbocycles. The van der Waals surface area contributed by atoms with E-state index >= 15 is 0 Å². The molecular formula is C23H25FN4O3. The summed E-state index contributed by atoms with van der Waals surface area (Å²) in [5.74, 6) is 1.71. The Labute approximate surface area is 180 Å². The lowest BCUT2D eigenvalue weighted by atomic mass is 10.1. The number of oxazole rings is 1. The number of piperazine rings is 1. The molecule has 2 aromatic carbocycles. The fourth-order valence-electron chi connectivity index (χ4n) is 3.63. The lowest BCUT2D eigenvalue weighted by Gasteiger charge is -2.36. The number of benzene rings is 2. The van der Waals surface area contributed by atoms with E-state index in [1.54, 1.807) is 37.3 Å². The van der Waals surface area contributed by atoms with E-state index in [0.29, 0.717) is 50.1 Å². The van der Waals surface area contributed by atoms with E-state index in [9.17, 15) is 9.18 Å². The molecule has 1 N–H and O–H groups in total. The van der Waals surface area contributed by atoms with Crippen LogP contribution < -0.4 is 15.0 Å². The van der Waals surface area contributed by atoms with Crippen molar-refractivity contribution in [2.45, 2.75) is 13.5 Å². The summed E-state index contributed by atoms with van der Waals surface area (Å²) in [6, 6.07) is 12.0. The van der Waals surface area contributed by atoms with E-state index in [1.807, 2.05) is 18.2 Å². The Bertz CT molecular complexity index is 1040. The fourth-order valence-corrected chi connectivity index (χ4v) is 3.63. The molecule has 3 aromatic rings. The molecule has 1 aliphatic heterocycles. The number of aryl methyl sites for hydroxylation is 1. The van der Waals surface area contributed by atoms with Crippen LogP contribution in [0.2, 0.25) is 0 Å². The summed E-state index contributed by atoms with van der Waals surface area (Å²) in [6.45, 7) is 4.84. The fraction of sp³-hybridized carbons (Fsp3) is 0.304. The first-order chi connectivity index (χ1) is 15.0. The van der Waals surface area contributed by atoms with Crippen molar-refractivity contribution in [3.8, 4) is 17.1 Å². The van der Waals surface area contributed by atoms with Crippen LogP contribution in [0.15, 0.2) is 53.1 Å². The third kappa shape index (κ3) is 4.79. The highest BCUT2D eigenvalue weighted by Gasteiger charge is 2.22. The van der Waals surface area contributed by atoms with Gasteiger partial charge in [-0.2, -0.15) is 0 Å². The molecule has 0 unspecified atom stereocenters. The third-order valence-corrected chi connectivity index (χ3v) is 5.36. The third-order valence-electron chi connectivity index (χ3n) is 5.36. The number of carbonyl (C=O) groups excluding carboxylic acids is 1. The van der Waals surface area contributed by atoms with Gasteiger partial charge in [0.2, 0.25) is 0 Å². The van der Waals surface area contributed by atoms with Crippen molar-refractivity contribution in [1.82, 2.24) is 15.2 Å². The van der Waals surface area contributed by atoms with Gasteiger partial charge in [0.1, 0.15) is 11.6 Å². The van der Waals surface area contributed by atoms with Crippen LogP contribution in [0.25, 0.3) is 11.3 Å². The van der Waals surface area contributed by atoms with E-state index in [-0.39, 0.29) is 11.8 Å². The minimum Gasteiger partial charge on any atom is -0.496 e. The number of amides is 2. The van der Waals surface area contributed by atoms with Gasteiger partial charge in [0.25, 0.3) is 0 Å². The van der Waals surface area contributed by atoms with Gasteiger partial charge in [-0.15, -0.1) is 0 Å². The van der Waals surface area contributed by atoms with Gasteiger partial charge in [-0.05, 0) is 29.8 Å². The summed E-state index contributed by atoms with van der Waals surface area (Å²) in [5, 5.41) is 2.90. The number of halogens is 1. The molecular weight excluding hydrogens is 399 g/mol. The van der Waals surface area contributed by atoms with Gasteiger partial charge in [0.15, 0.2) is 11.7 Å². The molecule has 0 spiro atoms. The number of rotatable bonds is 5. The summed E-state index contributed by atoms with van der Waals surface area (Å²) in [4.78, 5) is 20.6. The van der Waals surface area contributed by atoms with Crippen molar-refractivity contribution in [2.24, 2.45) is 0 Å². The molecule has 1 aromatic heterocycles. The molecule has 162 valence electrons. The minimum absolute atomic E-state index is 0.113. The van der Waals surface area contributed by atoms with Crippen LogP contribution in [-0.4, -0.2) is 49.2 Å². The Morgan fingerprint density at radius 1 is 1.16 bits per heavy atom. The zero-order chi connectivity index (χ0) is 21.8. The molecule has 2 amide bonds. The monoisotopic (exact) mass is 424 g/mol. The molecule has 1 aliphatic rings. The molecule has 0 aliphatic carbocycles. The predicted octanol–water partition coefficient (Wildman–Crippen LogP) is 3.83. The lowest BCUT2D eigenvalue weighted by Crippen LogP contribution is -2.51. The number of carbonyl (C=O) groups is 1. The summed E-state index contributed by atoms with van der Waals surface area (Å²) in [6.07, 6.45) is 1.69. The second kappa shape index (κ2) is 9.07. The van der Waals surface area contributed by atoms with Crippen LogP contribution in [0, 0.1) is 12.7 Å². The summed E-state index contributed by atoms with van der Waals surface area (Å²) < 4.78 is 24.2. The maximum atomic E-state index is 13.0. The minimum atomic E-state index is -0.285. The number of hydrogen-bond donors (Lipinski definition) is 1. The van der Waals surface area contributed by atoms with Gasteiger partial charge in [0.05, 0.1) is 18.9 Å². The Morgan fingerprint density at radius 2 is 1.90 bits per heavy atom. The van der Waals surface area contributed by atoms with Gasteiger partial charge >= 0.3 is 6.03 Å². The number of nitrogens with zero attached hydrogens (tertiary/aromatic N) is 3. The maximum absolute atomic E-state index is 13.0. The normalized spacial score (nSPS) is 13.9. The number of methoxy groups -OCH3 is 1. The maximum Gasteiger partial charge on any atom is 0.317 e. The average molecular weight is 424 g/mol. The van der Waals surface area contributed by atoms with Crippen LogP contribution in [0.3, 0.4) is 0 Å². The molecule has 0 atom stereocenters. The van der Waals surface area contributed by atoms with Crippen LogP contribution >= 0.6 is 0 Å². The number of anilines is 1. The molecule has 1 saturated heterocycles. The SMILES string of the molecule is COc1cc(N2CCN(C(=O)NCc3ccc(F)cc3)CC2)ccc1-c1cnc(C)o1. The molecule has 0 bridgehead atoms. The standard InChI is InChI=1S/C23H25FN4O3/c1-16-25-15-22(31-16)20-8-7-19(13-21(20)30-2)27-9-11-28(12-10-27)23(29)26-14-17-3-5-18(24)6-4-17/h3-8,13,15H,9-12,14H2,1-2H3,(H,26,29). The molecule has 2 heterocycles. The van der Waals surface area contributed by atoms with Crippen molar-refractivity contribution in [1.29, 1.82) is 0 Å². The zero-order valence-corrected chi connectivity index (χ0v) is 17.6. The summed E-state index contributed by atoms with van der Waals surface area (Å²) >= 11 is 0. The number of urea groups is 1. The Morgan fingerprint density at radius 3 is 2.55 bits per heavy atom. The highest BCUT2D eigenvalue weighted by atomic mass is 19.1. The number of hydrogen-bond acceptors (Lipinski definition) is 5. The zero-order valence-electron chi connectivity index (χ0n) is 17.6. The average Bonchev–Trinajstić information content (AvgIpc) is 3.24. The summed E-state index contributed by atoms with van der Waals surface area (Å²) in [5.41, 5.74) is 2.75. The van der Waals surface area contributed by atoms with Gasteiger partial charge < -0.3 is 24.3 Å². The Balaban J connectivity index is 1.34. The van der Waals surface area contributed by atoms with Crippen molar-refractivity contribution in [2.75, 3.05) is 38.2 Å². The summed E-state index contributed by atoms with van der Waals surface area (Å²) in [7, 11) is 1.63. The van der Waals surface area contributed by atoms with Gasteiger partial charge in [-0.1, -0.05) is 12.1 Å². The number of nitrogens with one attached hydrogen (secondary N) is 1. The quantitative estimate of drug-likeness (QED) is 0.674. The van der Waals surface area contributed by atoms with E-state index < -0.39 is 0 Å². The van der Waals surface area contributed by atoms with Gasteiger partial charge in [-0.3, -0.25) is 0 Å². The first-order valence-electron chi connectivity index (χ1n) is 10.2. The van der Waals surface area contributed by atoms with Crippen molar-refractivity contribution in [3.63, 3.8) is 0 Å². The first-order valence-corrected chi connectivity index (χ1v) is 10.2. The number of aromatic nitrogens is 1. The number of ether oxygens (including phenoxy) is 1. The van der Waals surface area contributed by atoms with Crippen LogP contribution in [0.1, 0.15) is 11.5 Å². The first kappa shape index (κ1) is 20.7. The van der Waals surface area contributed by atoms with Crippen molar-refractivity contribution < 1.29 is 18.3 Å². The topological polar surface area (TPSA) is 70.8 Å². The van der Waals surface area contributed by atoms with E-state index in [0.717, 1.165) is 16.8 Å². The Hall–Kier alpha value is -3.55. The van der Waals surface area contributed by atoms with Crippen LogP contribution in [0.4, 0.5) is 14.9 Å². The smallest absolute Gasteiger partial charge is 0.317 e.